The van der Waals surface area contributed by atoms with Gasteiger partial charge in [0.25, 0.3) is 0 Å². The van der Waals surface area contributed by atoms with Crippen LogP contribution in [0.2, 0.25) is 0 Å². The first-order chi connectivity index (χ1) is 11.3. The SMILES string of the molecule is OCc1ccc(C2(Cc3ccccc3)N=Nc3ccccc32)o1. The summed E-state index contributed by atoms with van der Waals surface area (Å²) in [7, 11) is 0. The second kappa shape index (κ2) is 5.48. The number of nitrogens with zero attached hydrogens (tertiary/aromatic N) is 2. The molecule has 0 bridgehead atoms. The molecule has 1 unspecified atom stereocenters. The lowest BCUT2D eigenvalue weighted by atomic mass is 9.82. The Morgan fingerprint density at radius 3 is 2.48 bits per heavy atom. The monoisotopic (exact) mass is 304 g/mol. The lowest BCUT2D eigenvalue weighted by Gasteiger charge is -2.24. The maximum Gasteiger partial charge on any atom is 0.170 e. The Hall–Kier alpha value is -2.72. The molecule has 4 rings (SSSR count). The third-order valence-electron chi connectivity index (χ3n) is 4.21. The smallest absolute Gasteiger partial charge is 0.170 e. The predicted molar refractivity (Wildman–Crippen MR) is 86.5 cm³/mol. The van der Waals surface area contributed by atoms with Gasteiger partial charge in [-0.3, -0.25) is 0 Å². The van der Waals surface area contributed by atoms with Crippen LogP contribution in [0.25, 0.3) is 0 Å². The van der Waals surface area contributed by atoms with E-state index in [2.05, 4.69) is 22.4 Å². The molecular weight excluding hydrogens is 288 g/mol. The van der Waals surface area contributed by atoms with Gasteiger partial charge in [-0.05, 0) is 23.8 Å². The van der Waals surface area contributed by atoms with E-state index in [0.29, 0.717) is 17.9 Å². The van der Waals surface area contributed by atoms with Gasteiger partial charge in [0.1, 0.15) is 18.1 Å². The Balaban J connectivity index is 1.87. The molecule has 4 heteroatoms. The highest BCUT2D eigenvalue weighted by Crippen LogP contribution is 2.47. The first kappa shape index (κ1) is 13.9. The van der Waals surface area contributed by atoms with Crippen LogP contribution in [0, 0.1) is 0 Å². The summed E-state index contributed by atoms with van der Waals surface area (Å²) < 4.78 is 5.85. The van der Waals surface area contributed by atoms with Crippen LogP contribution in [-0.4, -0.2) is 5.11 Å². The molecule has 0 amide bonds. The zero-order valence-electron chi connectivity index (χ0n) is 12.5. The van der Waals surface area contributed by atoms with Crippen molar-refractivity contribution >= 4 is 5.69 Å². The third-order valence-corrected chi connectivity index (χ3v) is 4.21. The first-order valence-corrected chi connectivity index (χ1v) is 7.58. The maximum atomic E-state index is 9.31. The molecule has 1 aromatic heterocycles. The Morgan fingerprint density at radius 1 is 0.913 bits per heavy atom. The van der Waals surface area contributed by atoms with Crippen molar-refractivity contribution in [3.63, 3.8) is 0 Å². The van der Waals surface area contributed by atoms with Crippen molar-refractivity contribution < 1.29 is 9.52 Å². The van der Waals surface area contributed by atoms with E-state index in [4.69, 9.17) is 4.42 Å². The van der Waals surface area contributed by atoms with Crippen molar-refractivity contribution in [1.82, 2.24) is 0 Å². The lowest BCUT2D eigenvalue weighted by molar-refractivity contribution is 0.236. The van der Waals surface area contributed by atoms with Crippen LogP contribution in [0.15, 0.2) is 81.4 Å². The summed E-state index contributed by atoms with van der Waals surface area (Å²) in [5.74, 6) is 1.24. The first-order valence-electron chi connectivity index (χ1n) is 7.58. The average molecular weight is 304 g/mol. The minimum Gasteiger partial charge on any atom is -0.461 e. The fourth-order valence-corrected chi connectivity index (χ4v) is 3.08. The quantitative estimate of drug-likeness (QED) is 0.778. The Morgan fingerprint density at radius 2 is 1.70 bits per heavy atom. The van der Waals surface area contributed by atoms with Crippen molar-refractivity contribution in [2.24, 2.45) is 10.2 Å². The van der Waals surface area contributed by atoms with Crippen LogP contribution < -0.4 is 0 Å². The van der Waals surface area contributed by atoms with Crippen molar-refractivity contribution in [1.29, 1.82) is 0 Å². The number of hydrogen-bond acceptors (Lipinski definition) is 4. The average Bonchev–Trinajstić information content (AvgIpc) is 3.22. The summed E-state index contributed by atoms with van der Waals surface area (Å²) in [6.07, 6.45) is 0.659. The van der Waals surface area contributed by atoms with Gasteiger partial charge in [-0.2, -0.15) is 10.2 Å². The zero-order valence-corrected chi connectivity index (χ0v) is 12.5. The molecule has 2 aromatic carbocycles. The molecule has 1 atom stereocenters. The van der Waals surface area contributed by atoms with Gasteiger partial charge in [0.15, 0.2) is 5.54 Å². The third kappa shape index (κ3) is 2.28. The van der Waals surface area contributed by atoms with E-state index in [-0.39, 0.29) is 6.61 Å². The van der Waals surface area contributed by atoms with Gasteiger partial charge in [-0.25, -0.2) is 0 Å². The highest BCUT2D eigenvalue weighted by atomic mass is 16.4. The van der Waals surface area contributed by atoms with Crippen LogP contribution in [0.4, 0.5) is 5.69 Å². The molecule has 2 heterocycles. The number of hydrogen-bond donors (Lipinski definition) is 1. The van der Waals surface area contributed by atoms with E-state index in [9.17, 15) is 5.11 Å². The minimum atomic E-state index is -0.675. The second-order valence-corrected chi connectivity index (χ2v) is 5.66. The summed E-state index contributed by atoms with van der Waals surface area (Å²) in [4.78, 5) is 0. The van der Waals surface area contributed by atoms with Crippen LogP contribution in [-0.2, 0) is 18.6 Å². The van der Waals surface area contributed by atoms with Gasteiger partial charge < -0.3 is 9.52 Å². The number of rotatable bonds is 4. The molecule has 4 nitrogen and oxygen atoms in total. The summed E-state index contributed by atoms with van der Waals surface area (Å²) in [5, 5.41) is 18.3. The number of azo groups is 1. The van der Waals surface area contributed by atoms with E-state index in [1.807, 2.05) is 48.5 Å². The van der Waals surface area contributed by atoms with Crippen molar-refractivity contribution in [2.75, 3.05) is 0 Å². The van der Waals surface area contributed by atoms with Crippen LogP contribution in [0.3, 0.4) is 0 Å². The Kier molecular flexibility index (Phi) is 3.32. The molecule has 0 saturated heterocycles. The van der Waals surface area contributed by atoms with Gasteiger partial charge in [-0.15, -0.1) is 0 Å². The molecule has 1 aliphatic rings. The number of benzene rings is 2. The molecule has 1 aliphatic heterocycles. The van der Waals surface area contributed by atoms with E-state index in [1.54, 1.807) is 6.07 Å². The fraction of sp³-hybridized carbons (Fsp3) is 0.158. The van der Waals surface area contributed by atoms with Crippen molar-refractivity contribution in [3.05, 3.63) is 89.4 Å². The summed E-state index contributed by atoms with van der Waals surface area (Å²) in [6.45, 7) is -0.125. The number of aliphatic hydroxyl groups excluding tert-OH is 1. The molecule has 114 valence electrons. The van der Waals surface area contributed by atoms with E-state index in [1.165, 1.54) is 0 Å². The summed E-state index contributed by atoms with van der Waals surface area (Å²) in [6, 6.07) is 21.8. The fourth-order valence-electron chi connectivity index (χ4n) is 3.08. The molecule has 0 spiro atoms. The van der Waals surface area contributed by atoms with Crippen molar-refractivity contribution in [3.8, 4) is 0 Å². The molecule has 23 heavy (non-hydrogen) atoms. The topological polar surface area (TPSA) is 58.1 Å². The van der Waals surface area contributed by atoms with E-state index in [0.717, 1.165) is 16.8 Å². The second-order valence-electron chi connectivity index (χ2n) is 5.66. The lowest BCUT2D eigenvalue weighted by Crippen LogP contribution is -2.25. The maximum absolute atomic E-state index is 9.31. The minimum absolute atomic E-state index is 0.125. The molecule has 0 saturated carbocycles. The van der Waals surface area contributed by atoms with Crippen LogP contribution in [0.1, 0.15) is 22.6 Å². The highest BCUT2D eigenvalue weighted by molar-refractivity contribution is 5.56. The molecule has 0 radical (unpaired) electrons. The Labute approximate surface area is 134 Å². The molecule has 3 aromatic rings. The summed E-state index contributed by atoms with van der Waals surface area (Å²) >= 11 is 0. The number of aliphatic hydroxyl groups is 1. The van der Waals surface area contributed by atoms with Gasteiger partial charge in [0, 0.05) is 12.0 Å². The van der Waals surface area contributed by atoms with Gasteiger partial charge in [0.05, 0.1) is 5.69 Å². The predicted octanol–water partition coefficient (Wildman–Crippen LogP) is 4.36. The number of furan rings is 1. The van der Waals surface area contributed by atoms with Crippen LogP contribution in [0.5, 0.6) is 0 Å². The molecule has 0 fully saturated rings. The van der Waals surface area contributed by atoms with Crippen molar-refractivity contribution in [2.45, 2.75) is 18.6 Å². The van der Waals surface area contributed by atoms with Gasteiger partial charge >= 0.3 is 0 Å². The van der Waals surface area contributed by atoms with E-state index < -0.39 is 5.54 Å². The highest BCUT2D eigenvalue weighted by Gasteiger charge is 2.43. The van der Waals surface area contributed by atoms with Crippen LogP contribution >= 0.6 is 0 Å². The zero-order chi connectivity index (χ0) is 15.7. The van der Waals surface area contributed by atoms with Gasteiger partial charge in [-0.1, -0.05) is 48.5 Å². The van der Waals surface area contributed by atoms with Gasteiger partial charge in [0.2, 0.25) is 0 Å². The standard InChI is InChI=1S/C19H16N2O2/c22-13-15-10-11-18(23-15)19(12-14-6-2-1-3-7-14)16-8-4-5-9-17(16)20-21-19/h1-11,22H,12-13H2. The molecule has 1 N–H and O–H groups in total. The number of fused-ring (bicyclic) bond motifs is 1. The summed E-state index contributed by atoms with van der Waals surface area (Å²) in [5.41, 5.74) is 2.38. The molecular formula is C19H16N2O2. The largest absolute Gasteiger partial charge is 0.461 e. The normalized spacial score (nSPS) is 19.0. The Bertz CT molecular complexity index is 855. The molecule has 0 aliphatic carbocycles. The van der Waals surface area contributed by atoms with E-state index >= 15 is 0 Å².